The molecule has 2 aromatic rings. The van der Waals surface area contributed by atoms with Crippen LogP contribution >= 0.6 is 69.6 Å². The summed E-state index contributed by atoms with van der Waals surface area (Å²) < 4.78 is 5.56. The van der Waals surface area contributed by atoms with Crippen LogP contribution in [0.5, 0.6) is 11.5 Å². The summed E-state index contributed by atoms with van der Waals surface area (Å²) in [6, 6.07) is 6.72. The molecule has 0 N–H and O–H groups in total. The van der Waals surface area contributed by atoms with Crippen molar-refractivity contribution in [2.45, 2.75) is 0 Å². The lowest BCUT2D eigenvalue weighted by molar-refractivity contribution is 0.483. The van der Waals surface area contributed by atoms with Gasteiger partial charge in [0.15, 0.2) is 5.75 Å². The quantitative estimate of drug-likeness (QED) is 0.392. The minimum absolute atomic E-state index is 0.0785. The van der Waals surface area contributed by atoms with E-state index in [0.717, 1.165) is 0 Å². The molecular weight excluding hydrogens is 373 g/mol. The summed E-state index contributed by atoms with van der Waals surface area (Å²) in [7, 11) is 0. The van der Waals surface area contributed by atoms with Crippen molar-refractivity contribution in [2.24, 2.45) is 0 Å². The first-order chi connectivity index (χ1) is 8.91. The van der Waals surface area contributed by atoms with E-state index in [0.29, 0.717) is 10.8 Å². The van der Waals surface area contributed by atoms with Crippen molar-refractivity contribution in [3.8, 4) is 11.5 Å². The van der Waals surface area contributed by atoms with Crippen molar-refractivity contribution >= 4 is 69.6 Å². The summed E-state index contributed by atoms with van der Waals surface area (Å²) in [5, 5.41) is 0.916. The zero-order valence-corrected chi connectivity index (χ0v) is 13.5. The van der Waals surface area contributed by atoms with Crippen molar-refractivity contribution in [1.82, 2.24) is 0 Å². The smallest absolute Gasteiger partial charge is 0.167 e. The molecule has 0 aromatic heterocycles. The molecule has 2 aromatic carbocycles. The molecular formula is C12H4Cl6O. The van der Waals surface area contributed by atoms with Crippen LogP contribution in [0.3, 0.4) is 0 Å². The molecule has 0 aliphatic heterocycles. The highest BCUT2D eigenvalue weighted by Crippen LogP contribution is 2.49. The molecule has 0 aliphatic rings. The van der Waals surface area contributed by atoms with Gasteiger partial charge in [0.25, 0.3) is 0 Å². The third kappa shape index (κ3) is 3.18. The summed E-state index contributed by atoms with van der Waals surface area (Å²) in [5.41, 5.74) is 0. The lowest BCUT2D eigenvalue weighted by atomic mass is 10.3. The average molecular weight is 377 g/mol. The molecule has 0 saturated carbocycles. The summed E-state index contributed by atoms with van der Waals surface area (Å²) >= 11 is 35.7. The van der Waals surface area contributed by atoms with Crippen LogP contribution in [0.1, 0.15) is 0 Å². The maximum Gasteiger partial charge on any atom is 0.167 e. The van der Waals surface area contributed by atoms with Gasteiger partial charge in [0.1, 0.15) is 15.8 Å². The lowest BCUT2D eigenvalue weighted by Crippen LogP contribution is -1.89. The zero-order chi connectivity index (χ0) is 14.2. The molecule has 0 fully saturated rings. The molecule has 100 valence electrons. The Labute approximate surface area is 139 Å². The Hall–Kier alpha value is -0.0200. The van der Waals surface area contributed by atoms with Crippen LogP contribution in [-0.2, 0) is 0 Å². The molecule has 0 radical (unpaired) electrons. The van der Waals surface area contributed by atoms with Gasteiger partial charge in [-0.15, -0.1) is 0 Å². The molecule has 0 heterocycles. The van der Waals surface area contributed by atoms with Gasteiger partial charge >= 0.3 is 0 Å². The first-order valence-corrected chi connectivity index (χ1v) is 7.13. The van der Waals surface area contributed by atoms with Gasteiger partial charge in [-0.3, -0.25) is 0 Å². The van der Waals surface area contributed by atoms with E-state index in [9.17, 15) is 0 Å². The molecule has 0 saturated heterocycles. The maximum absolute atomic E-state index is 6.05. The Morgan fingerprint density at radius 2 is 1.21 bits per heavy atom. The number of halogens is 6. The van der Waals surface area contributed by atoms with Gasteiger partial charge in [0.2, 0.25) is 0 Å². The number of benzene rings is 2. The third-order valence-electron chi connectivity index (χ3n) is 2.19. The summed E-state index contributed by atoms with van der Waals surface area (Å²) in [5.74, 6) is 0.579. The van der Waals surface area contributed by atoms with Gasteiger partial charge in [0.05, 0.1) is 15.1 Å². The Bertz CT molecular complexity index is 611. The Morgan fingerprint density at radius 1 is 0.684 bits per heavy atom. The standard InChI is InChI=1S/C12H4Cl6O/c13-5-2-1-3-6(4-5)19-12-10(17)8(15)7(14)9(16)11(12)18/h1-4H. The first-order valence-electron chi connectivity index (χ1n) is 4.86. The van der Waals surface area contributed by atoms with Crippen LogP contribution in [-0.4, -0.2) is 0 Å². The highest BCUT2D eigenvalue weighted by molar-refractivity contribution is 6.55. The van der Waals surface area contributed by atoms with Crippen LogP contribution in [0.25, 0.3) is 0 Å². The fraction of sp³-hybridized carbons (Fsp3) is 0. The van der Waals surface area contributed by atoms with Gasteiger partial charge in [-0.05, 0) is 18.2 Å². The third-order valence-corrected chi connectivity index (χ3v) is 4.66. The molecule has 19 heavy (non-hydrogen) atoms. The number of hydrogen-bond acceptors (Lipinski definition) is 1. The van der Waals surface area contributed by atoms with E-state index in [-0.39, 0.29) is 30.9 Å². The van der Waals surface area contributed by atoms with Crippen LogP contribution in [0.2, 0.25) is 30.1 Å². The second-order valence-electron chi connectivity index (χ2n) is 3.46. The summed E-state index contributed by atoms with van der Waals surface area (Å²) in [6.45, 7) is 0. The van der Waals surface area contributed by atoms with Crippen molar-refractivity contribution in [1.29, 1.82) is 0 Å². The fourth-order valence-corrected chi connectivity index (χ4v) is 2.70. The van der Waals surface area contributed by atoms with E-state index in [1.165, 1.54) is 0 Å². The van der Waals surface area contributed by atoms with E-state index in [4.69, 9.17) is 74.3 Å². The number of hydrogen-bond donors (Lipinski definition) is 0. The van der Waals surface area contributed by atoms with E-state index in [1.54, 1.807) is 24.3 Å². The average Bonchev–Trinajstić information content (AvgIpc) is 2.39. The van der Waals surface area contributed by atoms with Crippen LogP contribution in [0.4, 0.5) is 0 Å². The van der Waals surface area contributed by atoms with E-state index in [2.05, 4.69) is 0 Å². The van der Waals surface area contributed by atoms with Gasteiger partial charge in [-0.25, -0.2) is 0 Å². The topological polar surface area (TPSA) is 9.23 Å². The van der Waals surface area contributed by atoms with Gasteiger partial charge in [-0.2, -0.15) is 0 Å². The number of ether oxygens (including phenoxy) is 1. The molecule has 0 atom stereocenters. The Balaban J connectivity index is 2.52. The highest BCUT2D eigenvalue weighted by Gasteiger charge is 2.21. The Kier molecular flexibility index (Phi) is 4.99. The van der Waals surface area contributed by atoms with Crippen LogP contribution in [0, 0.1) is 0 Å². The lowest BCUT2D eigenvalue weighted by Gasteiger charge is -2.13. The van der Waals surface area contributed by atoms with E-state index in [1.807, 2.05) is 0 Å². The monoisotopic (exact) mass is 374 g/mol. The van der Waals surface area contributed by atoms with Crippen LogP contribution < -0.4 is 4.74 Å². The maximum atomic E-state index is 6.05. The minimum Gasteiger partial charge on any atom is -0.454 e. The fourth-order valence-electron chi connectivity index (χ4n) is 1.32. The molecule has 2 rings (SSSR count). The summed E-state index contributed by atoms with van der Waals surface area (Å²) in [4.78, 5) is 0. The molecule has 0 aliphatic carbocycles. The molecule has 0 unspecified atom stereocenters. The molecule has 0 spiro atoms. The minimum atomic E-state index is 0.0785. The molecule has 7 heteroatoms. The van der Waals surface area contributed by atoms with E-state index < -0.39 is 0 Å². The van der Waals surface area contributed by atoms with Crippen molar-refractivity contribution in [3.63, 3.8) is 0 Å². The number of rotatable bonds is 2. The second kappa shape index (κ2) is 6.17. The first kappa shape index (κ1) is 15.4. The molecule has 0 amide bonds. The molecule has 1 nitrogen and oxygen atoms in total. The van der Waals surface area contributed by atoms with Crippen molar-refractivity contribution in [2.75, 3.05) is 0 Å². The molecule has 0 bridgehead atoms. The van der Waals surface area contributed by atoms with E-state index >= 15 is 0 Å². The van der Waals surface area contributed by atoms with Crippen molar-refractivity contribution in [3.05, 3.63) is 54.4 Å². The van der Waals surface area contributed by atoms with Crippen LogP contribution in [0.15, 0.2) is 24.3 Å². The Morgan fingerprint density at radius 3 is 1.74 bits per heavy atom. The van der Waals surface area contributed by atoms with Gasteiger partial charge in [0, 0.05) is 5.02 Å². The highest BCUT2D eigenvalue weighted by atomic mass is 35.5. The zero-order valence-electron chi connectivity index (χ0n) is 8.99. The van der Waals surface area contributed by atoms with Gasteiger partial charge in [-0.1, -0.05) is 75.7 Å². The van der Waals surface area contributed by atoms with Crippen molar-refractivity contribution < 1.29 is 4.74 Å². The predicted molar refractivity (Wildman–Crippen MR) is 83.0 cm³/mol. The largest absolute Gasteiger partial charge is 0.454 e. The normalized spacial score (nSPS) is 10.6. The summed E-state index contributed by atoms with van der Waals surface area (Å²) in [6.07, 6.45) is 0. The second-order valence-corrected chi connectivity index (χ2v) is 5.78. The predicted octanol–water partition coefficient (Wildman–Crippen LogP) is 7.40. The SMILES string of the molecule is Clc1cccc(Oc2c(Cl)c(Cl)c(Cl)c(Cl)c2Cl)c1. The van der Waals surface area contributed by atoms with Gasteiger partial charge < -0.3 is 4.74 Å².